The van der Waals surface area contributed by atoms with Crippen LogP contribution in [-0.4, -0.2) is 16.2 Å². The van der Waals surface area contributed by atoms with Gasteiger partial charge in [-0.1, -0.05) is 119 Å². The van der Waals surface area contributed by atoms with Crippen molar-refractivity contribution in [3.05, 3.63) is 179 Å². The molecule has 2 N–H and O–H groups in total. The second-order valence-corrected chi connectivity index (χ2v) is 27.8. The Morgan fingerprint density at radius 2 is 0.763 bits per heavy atom. The first-order valence-electron chi connectivity index (χ1n) is 16.6. The molecule has 17 heteroatoms. The number of aliphatic hydroxyl groups excluding tert-OH is 1. The largest absolute Gasteiger partial charge is 0.478 e. The highest BCUT2D eigenvalue weighted by Crippen LogP contribution is 2.59. The SMILES string of the molecule is BrP(Br)Br.FC(F)(F)c1ccc(-c2ccccc2CBr)cc1.O=C(O)c1ccccc1-c1ccc(C(F)(F)F)cc1.OCc1ccccc1-c1ccc(C(F)(F)F)cc1. The second-order valence-electron chi connectivity index (χ2n) is 11.9. The average molecular weight is 1100 g/mol. The zero-order valence-corrected chi connectivity index (χ0v) is 37.2. The van der Waals surface area contributed by atoms with E-state index in [9.17, 15) is 49.4 Å². The van der Waals surface area contributed by atoms with Gasteiger partial charge in [-0.2, -0.15) is 39.5 Å². The standard InChI is InChI=1S/C14H10BrF3.C14H9F3O2.C14H11F3O.Br3P/c15-9-11-3-1-2-4-13(11)10-5-7-12(8-6-10)14(16,17)18;15-14(16,17)10-7-5-9(6-8-10)11-3-1-2-4-12(11)13(18)19;15-14(16,17)12-7-5-10(6-8-12)13-4-2-1-3-11(13)9-18;1-4(2)3/h1-8H,9H2;1-8H,(H,18,19);1-8,18H,9H2;. The van der Waals surface area contributed by atoms with Crippen LogP contribution in [-0.2, 0) is 30.5 Å². The number of halogens is 13. The summed E-state index contributed by atoms with van der Waals surface area (Å²) >= 11 is 12.9. The fourth-order valence-corrected chi connectivity index (χ4v) is 5.78. The Labute approximate surface area is 367 Å². The molecule has 0 saturated carbocycles. The number of rotatable bonds is 6. The number of carbonyl (C=O) groups is 1. The molecule has 0 saturated heterocycles. The number of alkyl halides is 10. The smallest absolute Gasteiger partial charge is 0.416 e. The Hall–Kier alpha value is -3.53. The minimum absolute atomic E-state index is 0.0576. The summed E-state index contributed by atoms with van der Waals surface area (Å²) in [6, 6.07) is 35.4. The van der Waals surface area contributed by atoms with Gasteiger partial charge in [0, 0.05) is 5.33 Å². The molecule has 0 aliphatic heterocycles. The van der Waals surface area contributed by atoms with Gasteiger partial charge in [-0.3, -0.25) is 0 Å². The van der Waals surface area contributed by atoms with Gasteiger partial charge in [0.05, 0.1) is 28.9 Å². The van der Waals surface area contributed by atoms with E-state index in [1.807, 2.05) is 24.3 Å². The molecule has 0 heterocycles. The monoisotopic (exact) mass is 1100 g/mol. The zero-order chi connectivity index (χ0) is 44.0. The number of aliphatic hydroxyl groups is 1. The predicted molar refractivity (Wildman–Crippen MR) is 230 cm³/mol. The molecule has 0 aliphatic rings. The lowest BCUT2D eigenvalue weighted by Gasteiger charge is -2.10. The molecular weight excluding hydrogens is 1070 g/mol. The topological polar surface area (TPSA) is 57.5 Å². The molecular formula is C42H30Br4F9O3P. The third kappa shape index (κ3) is 15.8. The summed E-state index contributed by atoms with van der Waals surface area (Å²) in [5, 5.41) is 18.9. The first kappa shape index (κ1) is 49.8. The van der Waals surface area contributed by atoms with Crippen LogP contribution in [0.25, 0.3) is 33.4 Å². The summed E-state index contributed by atoms with van der Waals surface area (Å²) in [6.07, 6.45) is -13.0. The fourth-order valence-electron chi connectivity index (χ4n) is 5.30. The lowest BCUT2D eigenvalue weighted by molar-refractivity contribution is -0.138. The van der Waals surface area contributed by atoms with Crippen LogP contribution < -0.4 is 0 Å². The highest BCUT2D eigenvalue weighted by atomic mass is 80.0. The maximum absolute atomic E-state index is 12.5. The quantitative estimate of drug-likeness (QED) is 0.0993. The average Bonchev–Trinajstić information content (AvgIpc) is 3.20. The molecule has 6 aromatic carbocycles. The van der Waals surface area contributed by atoms with E-state index in [0.717, 1.165) is 58.7 Å². The lowest BCUT2D eigenvalue weighted by Crippen LogP contribution is -2.04. The number of carboxylic acid groups (broad SMARTS) is 1. The number of carboxylic acids is 1. The van der Waals surface area contributed by atoms with Crippen LogP contribution in [0.5, 0.6) is 0 Å². The third-order valence-electron chi connectivity index (χ3n) is 8.08. The van der Waals surface area contributed by atoms with Gasteiger partial charge in [-0.25, -0.2) is 4.79 Å². The molecule has 0 amide bonds. The second kappa shape index (κ2) is 22.9. The molecule has 3 nitrogen and oxygen atoms in total. The number of benzene rings is 6. The van der Waals surface area contributed by atoms with Crippen LogP contribution in [0.4, 0.5) is 39.5 Å². The molecule has 0 bridgehead atoms. The van der Waals surface area contributed by atoms with Crippen LogP contribution in [0.3, 0.4) is 0 Å². The van der Waals surface area contributed by atoms with Gasteiger partial charge in [-0.05, 0) is 133 Å². The maximum Gasteiger partial charge on any atom is 0.416 e. The van der Waals surface area contributed by atoms with Crippen molar-refractivity contribution in [2.24, 2.45) is 0 Å². The summed E-state index contributed by atoms with van der Waals surface area (Å²) in [5.74, 6) is -1.12. The molecule has 6 rings (SSSR count). The molecule has 312 valence electrons. The Balaban J connectivity index is 0.000000226. The summed E-state index contributed by atoms with van der Waals surface area (Å²) in [6.45, 7) is -0.142. The van der Waals surface area contributed by atoms with Crippen molar-refractivity contribution in [1.29, 1.82) is 0 Å². The molecule has 0 aliphatic carbocycles. The first-order chi connectivity index (χ1) is 27.7. The van der Waals surface area contributed by atoms with Crippen molar-refractivity contribution in [3.63, 3.8) is 0 Å². The van der Waals surface area contributed by atoms with E-state index in [-0.39, 0.29) is 16.2 Å². The summed E-state index contributed by atoms with van der Waals surface area (Å²) in [5.41, 5.74) is 3.72. The van der Waals surface area contributed by atoms with E-state index in [0.29, 0.717) is 27.6 Å². The summed E-state index contributed by atoms with van der Waals surface area (Å²) in [7, 11) is 0. The van der Waals surface area contributed by atoms with E-state index in [1.165, 1.54) is 42.5 Å². The van der Waals surface area contributed by atoms with Crippen molar-refractivity contribution >= 4 is 72.4 Å². The number of hydrogen-bond acceptors (Lipinski definition) is 2. The van der Waals surface area contributed by atoms with Crippen LogP contribution in [0.15, 0.2) is 146 Å². The van der Waals surface area contributed by atoms with Gasteiger partial charge in [0.25, 0.3) is 0 Å². The van der Waals surface area contributed by atoms with Crippen LogP contribution >= 0.6 is 66.4 Å². The van der Waals surface area contributed by atoms with Crippen molar-refractivity contribution in [2.75, 3.05) is 0 Å². The van der Waals surface area contributed by atoms with Crippen molar-refractivity contribution in [3.8, 4) is 33.4 Å². The number of hydrogen-bond donors (Lipinski definition) is 2. The van der Waals surface area contributed by atoms with E-state index in [1.54, 1.807) is 42.5 Å². The molecule has 0 atom stereocenters. The van der Waals surface area contributed by atoms with Gasteiger partial charge >= 0.3 is 24.5 Å². The molecule has 0 fully saturated rings. The van der Waals surface area contributed by atoms with Crippen molar-refractivity contribution in [2.45, 2.75) is 30.5 Å². The molecule has 0 spiro atoms. The maximum atomic E-state index is 12.5. The highest BCUT2D eigenvalue weighted by Gasteiger charge is 2.31. The van der Waals surface area contributed by atoms with Crippen LogP contribution in [0.1, 0.15) is 38.2 Å². The van der Waals surface area contributed by atoms with E-state index in [2.05, 4.69) is 62.4 Å². The van der Waals surface area contributed by atoms with Crippen molar-refractivity contribution in [1.82, 2.24) is 0 Å². The molecule has 0 unspecified atom stereocenters. The minimum Gasteiger partial charge on any atom is -0.478 e. The Bertz CT molecular complexity index is 2130. The van der Waals surface area contributed by atoms with E-state index >= 15 is 0 Å². The summed E-state index contributed by atoms with van der Waals surface area (Å²) in [4.78, 5) is 11.0. The molecule has 59 heavy (non-hydrogen) atoms. The predicted octanol–water partition coefficient (Wildman–Crippen LogP) is 16.6. The highest BCUT2D eigenvalue weighted by molar-refractivity contribution is 9.93. The lowest BCUT2D eigenvalue weighted by atomic mass is 9.99. The van der Waals surface area contributed by atoms with Gasteiger partial charge in [0.2, 0.25) is 0 Å². The van der Waals surface area contributed by atoms with Gasteiger partial charge in [-0.15, -0.1) is 0 Å². The Morgan fingerprint density at radius 3 is 1.08 bits per heavy atom. The minimum atomic E-state index is -4.40. The van der Waals surface area contributed by atoms with E-state index in [4.69, 9.17) is 5.11 Å². The normalized spacial score (nSPS) is 11.3. The van der Waals surface area contributed by atoms with Gasteiger partial charge < -0.3 is 10.2 Å². The number of aromatic carboxylic acids is 1. The van der Waals surface area contributed by atoms with Crippen LogP contribution in [0.2, 0.25) is 0 Å². The Morgan fingerprint density at radius 1 is 0.475 bits per heavy atom. The first-order valence-corrected chi connectivity index (χ1v) is 25.1. The van der Waals surface area contributed by atoms with Crippen molar-refractivity contribution < 1.29 is 54.5 Å². The van der Waals surface area contributed by atoms with Gasteiger partial charge in [0.1, 0.15) is 4.03 Å². The van der Waals surface area contributed by atoms with E-state index < -0.39 is 41.2 Å². The third-order valence-corrected chi connectivity index (χ3v) is 8.68. The fraction of sp³-hybridized carbons (Fsp3) is 0.119. The zero-order valence-electron chi connectivity index (χ0n) is 29.9. The molecule has 6 aromatic rings. The van der Waals surface area contributed by atoms with Crippen LogP contribution in [0, 0.1) is 0 Å². The molecule has 0 radical (unpaired) electrons. The molecule has 0 aromatic heterocycles. The van der Waals surface area contributed by atoms with Gasteiger partial charge in [0.15, 0.2) is 0 Å². The summed E-state index contributed by atoms with van der Waals surface area (Å²) < 4.78 is 112. The Kier molecular flexibility index (Phi) is 19.3.